The Morgan fingerprint density at radius 3 is 2.71 bits per heavy atom. The number of benzene rings is 1. The van der Waals surface area contributed by atoms with Crippen LogP contribution in [0, 0.1) is 11.3 Å². The van der Waals surface area contributed by atoms with Crippen molar-refractivity contribution < 1.29 is 9.53 Å². The van der Waals surface area contributed by atoms with Crippen molar-refractivity contribution in [2.45, 2.75) is 0 Å². The standard InChI is InChI=1S/C12H7N3O2/c13-5-9-2-1-3-11(4-9)17-12-14-6-10(8-16)7-15-12/h1-4,6-8H. The molecule has 0 amide bonds. The van der Waals surface area contributed by atoms with Crippen LogP contribution in [0.15, 0.2) is 36.7 Å². The van der Waals surface area contributed by atoms with Crippen LogP contribution < -0.4 is 4.74 Å². The van der Waals surface area contributed by atoms with Gasteiger partial charge < -0.3 is 4.74 Å². The Bertz CT molecular complexity index is 573. The Hall–Kier alpha value is -2.74. The van der Waals surface area contributed by atoms with E-state index in [2.05, 4.69) is 9.97 Å². The van der Waals surface area contributed by atoms with Crippen molar-refractivity contribution >= 4 is 6.29 Å². The van der Waals surface area contributed by atoms with E-state index in [1.807, 2.05) is 6.07 Å². The zero-order chi connectivity index (χ0) is 12.1. The van der Waals surface area contributed by atoms with E-state index >= 15 is 0 Å². The average Bonchev–Trinajstić information content (AvgIpc) is 2.40. The number of hydrogen-bond acceptors (Lipinski definition) is 5. The van der Waals surface area contributed by atoms with Gasteiger partial charge in [-0.1, -0.05) is 6.07 Å². The lowest BCUT2D eigenvalue weighted by Gasteiger charge is -2.02. The van der Waals surface area contributed by atoms with E-state index in [4.69, 9.17) is 10.00 Å². The van der Waals surface area contributed by atoms with E-state index in [1.54, 1.807) is 24.3 Å². The number of carbonyl (C=O) groups is 1. The van der Waals surface area contributed by atoms with Gasteiger partial charge in [0.25, 0.3) is 0 Å². The molecule has 5 heteroatoms. The lowest BCUT2D eigenvalue weighted by Crippen LogP contribution is -1.93. The summed E-state index contributed by atoms with van der Waals surface area (Å²) in [5.74, 6) is 0.475. The van der Waals surface area contributed by atoms with Gasteiger partial charge in [0.05, 0.1) is 17.2 Å². The van der Waals surface area contributed by atoms with Crippen molar-refractivity contribution in [1.82, 2.24) is 9.97 Å². The number of carbonyl (C=O) groups excluding carboxylic acids is 1. The lowest BCUT2D eigenvalue weighted by molar-refractivity contribution is 0.112. The molecule has 0 bridgehead atoms. The fourth-order valence-electron chi connectivity index (χ4n) is 1.17. The van der Waals surface area contributed by atoms with Crippen LogP contribution in [0.4, 0.5) is 0 Å². The predicted molar refractivity (Wildman–Crippen MR) is 58.7 cm³/mol. The van der Waals surface area contributed by atoms with Gasteiger partial charge in [0.1, 0.15) is 5.75 Å². The number of aldehydes is 1. The molecular formula is C12H7N3O2. The molecule has 0 spiro atoms. The third-order valence-corrected chi connectivity index (χ3v) is 1.96. The maximum absolute atomic E-state index is 10.4. The first-order chi connectivity index (χ1) is 8.31. The highest BCUT2D eigenvalue weighted by atomic mass is 16.5. The third-order valence-electron chi connectivity index (χ3n) is 1.96. The van der Waals surface area contributed by atoms with Gasteiger partial charge in [-0.15, -0.1) is 0 Å². The second-order valence-corrected chi connectivity index (χ2v) is 3.16. The van der Waals surface area contributed by atoms with Crippen LogP contribution in [-0.2, 0) is 0 Å². The van der Waals surface area contributed by atoms with E-state index in [0.717, 1.165) is 0 Å². The smallest absolute Gasteiger partial charge is 0.321 e. The molecule has 0 saturated heterocycles. The molecule has 0 fully saturated rings. The summed E-state index contributed by atoms with van der Waals surface area (Å²) in [4.78, 5) is 18.1. The van der Waals surface area contributed by atoms with Crippen molar-refractivity contribution in [2.24, 2.45) is 0 Å². The molecule has 5 nitrogen and oxygen atoms in total. The van der Waals surface area contributed by atoms with Gasteiger partial charge in [0.15, 0.2) is 6.29 Å². The molecule has 2 aromatic rings. The first kappa shape index (κ1) is 10.8. The fraction of sp³-hybridized carbons (Fsp3) is 0. The van der Waals surface area contributed by atoms with Gasteiger partial charge in [-0.05, 0) is 18.2 Å². The molecule has 1 heterocycles. The molecule has 1 aromatic carbocycles. The normalized spacial score (nSPS) is 9.35. The molecule has 0 unspecified atom stereocenters. The van der Waals surface area contributed by atoms with E-state index in [9.17, 15) is 4.79 Å². The van der Waals surface area contributed by atoms with Gasteiger partial charge in [0, 0.05) is 12.4 Å². The van der Waals surface area contributed by atoms with Crippen molar-refractivity contribution in [3.63, 3.8) is 0 Å². The Labute approximate surface area is 97.3 Å². The summed E-state index contributed by atoms with van der Waals surface area (Å²) in [5.41, 5.74) is 0.870. The number of nitriles is 1. The number of ether oxygens (including phenoxy) is 1. The monoisotopic (exact) mass is 225 g/mol. The highest BCUT2D eigenvalue weighted by Crippen LogP contribution is 2.18. The van der Waals surface area contributed by atoms with Crippen LogP contribution in [0.3, 0.4) is 0 Å². The van der Waals surface area contributed by atoms with Crippen LogP contribution >= 0.6 is 0 Å². The highest BCUT2D eigenvalue weighted by molar-refractivity contribution is 5.73. The van der Waals surface area contributed by atoms with Gasteiger partial charge >= 0.3 is 6.01 Å². The van der Waals surface area contributed by atoms with Crippen molar-refractivity contribution in [1.29, 1.82) is 5.26 Å². The minimum Gasteiger partial charge on any atom is -0.424 e. The molecule has 0 aliphatic carbocycles. The molecule has 1 aromatic heterocycles. The lowest BCUT2D eigenvalue weighted by atomic mass is 10.2. The summed E-state index contributed by atoms with van der Waals surface area (Å²) in [5, 5.41) is 8.72. The zero-order valence-electron chi connectivity index (χ0n) is 8.70. The number of nitrogens with zero attached hydrogens (tertiary/aromatic N) is 3. The molecule has 0 radical (unpaired) electrons. The molecular weight excluding hydrogens is 218 g/mol. The van der Waals surface area contributed by atoms with E-state index < -0.39 is 0 Å². The second kappa shape index (κ2) is 4.86. The van der Waals surface area contributed by atoms with Crippen LogP contribution in [0.5, 0.6) is 11.8 Å². The molecule has 0 aliphatic rings. The summed E-state index contributed by atoms with van der Waals surface area (Å²) in [6.45, 7) is 0. The Morgan fingerprint density at radius 1 is 1.29 bits per heavy atom. The van der Waals surface area contributed by atoms with E-state index in [1.165, 1.54) is 12.4 Å². The largest absolute Gasteiger partial charge is 0.424 e. The average molecular weight is 225 g/mol. The fourth-order valence-corrected chi connectivity index (χ4v) is 1.17. The molecule has 0 atom stereocenters. The molecule has 0 aliphatic heterocycles. The van der Waals surface area contributed by atoms with Crippen LogP contribution in [0.1, 0.15) is 15.9 Å². The van der Waals surface area contributed by atoms with Crippen LogP contribution in [0.2, 0.25) is 0 Å². The van der Waals surface area contributed by atoms with Crippen LogP contribution in [0.25, 0.3) is 0 Å². The van der Waals surface area contributed by atoms with Gasteiger partial charge in [0.2, 0.25) is 0 Å². The number of hydrogen-bond donors (Lipinski definition) is 0. The van der Waals surface area contributed by atoms with E-state index in [0.29, 0.717) is 23.2 Å². The summed E-state index contributed by atoms with van der Waals surface area (Å²) in [6.07, 6.45) is 3.38. The topological polar surface area (TPSA) is 75.9 Å². The van der Waals surface area contributed by atoms with E-state index in [-0.39, 0.29) is 6.01 Å². The first-order valence-corrected chi connectivity index (χ1v) is 4.77. The summed E-state index contributed by atoms with van der Waals surface area (Å²) < 4.78 is 5.33. The number of rotatable bonds is 3. The van der Waals surface area contributed by atoms with Gasteiger partial charge in [-0.2, -0.15) is 5.26 Å². The minimum atomic E-state index is 0.130. The molecule has 0 N–H and O–H groups in total. The minimum absolute atomic E-state index is 0.130. The summed E-state index contributed by atoms with van der Waals surface area (Å²) in [7, 11) is 0. The Balaban J connectivity index is 2.19. The SMILES string of the molecule is N#Cc1cccc(Oc2ncc(C=O)cn2)c1. The molecule has 0 saturated carbocycles. The summed E-state index contributed by atoms with van der Waals surface area (Å²) in [6, 6.07) is 8.78. The van der Waals surface area contributed by atoms with Gasteiger partial charge in [-0.3, -0.25) is 4.79 Å². The Kier molecular flexibility index (Phi) is 3.08. The third kappa shape index (κ3) is 2.63. The first-order valence-electron chi connectivity index (χ1n) is 4.77. The van der Waals surface area contributed by atoms with Crippen molar-refractivity contribution in [2.75, 3.05) is 0 Å². The van der Waals surface area contributed by atoms with Gasteiger partial charge in [-0.25, -0.2) is 9.97 Å². The molecule has 2 rings (SSSR count). The zero-order valence-corrected chi connectivity index (χ0v) is 8.70. The van der Waals surface area contributed by atoms with Crippen molar-refractivity contribution in [3.8, 4) is 17.8 Å². The molecule has 17 heavy (non-hydrogen) atoms. The van der Waals surface area contributed by atoms with Crippen LogP contribution in [-0.4, -0.2) is 16.3 Å². The predicted octanol–water partition coefficient (Wildman–Crippen LogP) is 1.95. The Morgan fingerprint density at radius 2 is 2.06 bits per heavy atom. The quantitative estimate of drug-likeness (QED) is 0.746. The maximum atomic E-state index is 10.4. The number of aromatic nitrogens is 2. The maximum Gasteiger partial charge on any atom is 0.321 e. The summed E-state index contributed by atoms with van der Waals surface area (Å²) >= 11 is 0. The van der Waals surface area contributed by atoms with Crippen molar-refractivity contribution in [3.05, 3.63) is 47.8 Å². The second-order valence-electron chi connectivity index (χ2n) is 3.16. The highest BCUT2D eigenvalue weighted by Gasteiger charge is 2.01. The molecule has 82 valence electrons.